The highest BCUT2D eigenvalue weighted by molar-refractivity contribution is 6.15. The van der Waals surface area contributed by atoms with Crippen molar-refractivity contribution < 1.29 is 8.83 Å². The van der Waals surface area contributed by atoms with E-state index in [0.29, 0.717) is 0 Å². The van der Waals surface area contributed by atoms with Crippen molar-refractivity contribution in [3.63, 3.8) is 0 Å². The van der Waals surface area contributed by atoms with E-state index in [1.54, 1.807) is 0 Å². The highest BCUT2D eigenvalue weighted by Crippen LogP contribution is 2.47. The predicted octanol–water partition coefficient (Wildman–Crippen LogP) is 15.1. The molecule has 0 bridgehead atoms. The fourth-order valence-electron chi connectivity index (χ4n) is 8.26. The summed E-state index contributed by atoms with van der Waals surface area (Å²) in [6.07, 6.45) is 0. The van der Waals surface area contributed by atoms with Gasteiger partial charge in [-0.3, -0.25) is 0 Å². The van der Waals surface area contributed by atoms with E-state index >= 15 is 0 Å². The number of hydrogen-bond acceptors (Lipinski definition) is 3. The van der Waals surface area contributed by atoms with Gasteiger partial charge in [-0.05, 0) is 93.2 Å². The number of para-hydroxylation sites is 4. The van der Waals surface area contributed by atoms with Crippen LogP contribution in [0.3, 0.4) is 0 Å². The maximum absolute atomic E-state index is 6.69. The van der Waals surface area contributed by atoms with E-state index in [4.69, 9.17) is 8.83 Å². The number of nitrogens with zero attached hydrogens (tertiary/aromatic N) is 1. The van der Waals surface area contributed by atoms with Crippen molar-refractivity contribution in [1.29, 1.82) is 0 Å². The molecule has 0 atom stereocenters. The van der Waals surface area contributed by atoms with Gasteiger partial charge in [0.15, 0.2) is 5.58 Å². The molecule has 0 radical (unpaired) electrons. The van der Waals surface area contributed by atoms with Crippen molar-refractivity contribution >= 4 is 71.7 Å². The summed E-state index contributed by atoms with van der Waals surface area (Å²) >= 11 is 0. The first kappa shape index (κ1) is 31.2. The van der Waals surface area contributed by atoms with Crippen molar-refractivity contribution in [3.05, 3.63) is 200 Å². The van der Waals surface area contributed by atoms with Crippen molar-refractivity contribution in [1.82, 2.24) is 0 Å². The van der Waals surface area contributed by atoms with Crippen LogP contribution >= 0.6 is 0 Å². The average Bonchev–Trinajstić information content (AvgIpc) is 3.83. The van der Waals surface area contributed by atoms with E-state index in [0.717, 1.165) is 77.6 Å². The molecule has 0 spiro atoms. The second kappa shape index (κ2) is 12.6. The lowest BCUT2D eigenvalue weighted by atomic mass is 9.96. The third-order valence-electron chi connectivity index (χ3n) is 10.9. The van der Waals surface area contributed by atoms with Crippen molar-refractivity contribution in [2.45, 2.75) is 0 Å². The molecule has 0 unspecified atom stereocenters. The minimum Gasteiger partial charge on any atom is -0.456 e. The average molecular weight is 704 g/mol. The number of fused-ring (bicyclic) bond motifs is 7. The fourth-order valence-corrected chi connectivity index (χ4v) is 8.26. The first-order chi connectivity index (χ1) is 27.3. The Kier molecular flexibility index (Phi) is 7.17. The molecule has 0 N–H and O–H groups in total. The second-order valence-electron chi connectivity index (χ2n) is 14.1. The van der Waals surface area contributed by atoms with Gasteiger partial charge in [0.25, 0.3) is 0 Å². The Morgan fingerprint density at radius 2 is 0.909 bits per heavy atom. The molecule has 55 heavy (non-hydrogen) atoms. The Labute approximate surface area is 317 Å². The third kappa shape index (κ3) is 5.20. The standard InChI is InChI=1S/C52H33NO2/c1-2-13-36-33-39(27-26-34(36)12-1)38-15-9-14-37(32-38)35-28-30-40(31-29-35)53(47-22-10-20-44-42-17-4-7-23-48(42)55-52(44)47)46-21-6-3-16-41(46)43-19-11-25-50-51(43)45-18-5-8-24-49(45)54-50/h1-33H. The van der Waals surface area contributed by atoms with E-state index in [1.807, 2.05) is 24.3 Å². The lowest BCUT2D eigenvalue weighted by molar-refractivity contribution is 0.668. The Morgan fingerprint density at radius 3 is 1.78 bits per heavy atom. The van der Waals surface area contributed by atoms with Crippen LogP contribution in [0.15, 0.2) is 209 Å². The molecule has 3 heteroatoms. The fraction of sp³-hybridized carbons (Fsp3) is 0. The zero-order valence-corrected chi connectivity index (χ0v) is 29.8. The minimum atomic E-state index is 0.845. The predicted molar refractivity (Wildman–Crippen MR) is 229 cm³/mol. The number of rotatable bonds is 6. The van der Waals surface area contributed by atoms with Crippen LogP contribution in [0.2, 0.25) is 0 Å². The van der Waals surface area contributed by atoms with Crippen LogP contribution in [-0.4, -0.2) is 0 Å². The van der Waals surface area contributed by atoms with Gasteiger partial charge in [-0.2, -0.15) is 0 Å². The van der Waals surface area contributed by atoms with Crippen LogP contribution < -0.4 is 4.90 Å². The van der Waals surface area contributed by atoms with Gasteiger partial charge >= 0.3 is 0 Å². The van der Waals surface area contributed by atoms with Crippen LogP contribution in [0.5, 0.6) is 0 Å². The van der Waals surface area contributed by atoms with Gasteiger partial charge in [-0.15, -0.1) is 0 Å². The van der Waals surface area contributed by atoms with E-state index in [2.05, 4.69) is 181 Å². The van der Waals surface area contributed by atoms with E-state index in [9.17, 15) is 0 Å². The lowest BCUT2D eigenvalue weighted by Crippen LogP contribution is -2.11. The highest BCUT2D eigenvalue weighted by Gasteiger charge is 2.23. The SMILES string of the molecule is c1cc(-c2ccc(N(c3ccccc3-c3cccc4oc5ccccc5c34)c3cccc4c3oc3ccccc34)cc2)cc(-c2ccc3ccccc3c2)c1. The smallest absolute Gasteiger partial charge is 0.159 e. The number of anilines is 3. The minimum absolute atomic E-state index is 0.845. The molecule has 2 heterocycles. The van der Waals surface area contributed by atoms with Crippen molar-refractivity contribution in [2.24, 2.45) is 0 Å². The van der Waals surface area contributed by atoms with Gasteiger partial charge in [0, 0.05) is 32.8 Å². The summed E-state index contributed by atoms with van der Waals surface area (Å²) in [5.41, 5.74) is 13.4. The van der Waals surface area contributed by atoms with Crippen LogP contribution in [0.25, 0.3) is 88.0 Å². The van der Waals surface area contributed by atoms with Gasteiger partial charge in [0.2, 0.25) is 0 Å². The first-order valence-corrected chi connectivity index (χ1v) is 18.7. The number of benzene rings is 9. The van der Waals surface area contributed by atoms with Crippen LogP contribution in [0, 0.1) is 0 Å². The monoisotopic (exact) mass is 703 g/mol. The lowest BCUT2D eigenvalue weighted by Gasteiger charge is -2.28. The molecule has 3 nitrogen and oxygen atoms in total. The molecule has 0 amide bonds. The maximum atomic E-state index is 6.69. The van der Waals surface area contributed by atoms with Gasteiger partial charge in [0.05, 0.1) is 11.4 Å². The Bertz CT molecular complexity index is 3220. The van der Waals surface area contributed by atoms with Gasteiger partial charge in [0.1, 0.15) is 16.7 Å². The van der Waals surface area contributed by atoms with Gasteiger partial charge in [-0.1, -0.05) is 146 Å². The zero-order chi connectivity index (χ0) is 36.3. The quantitative estimate of drug-likeness (QED) is 0.173. The molecule has 0 aliphatic rings. The summed E-state index contributed by atoms with van der Waals surface area (Å²) in [5, 5.41) is 6.88. The summed E-state index contributed by atoms with van der Waals surface area (Å²) in [6.45, 7) is 0. The highest BCUT2D eigenvalue weighted by atomic mass is 16.3. The Balaban J connectivity index is 1.08. The molecule has 2 aromatic heterocycles. The zero-order valence-electron chi connectivity index (χ0n) is 29.8. The Hall–Kier alpha value is -7.36. The molecule has 11 rings (SSSR count). The summed E-state index contributed by atoms with van der Waals surface area (Å²) in [4.78, 5) is 2.34. The Morgan fingerprint density at radius 1 is 0.327 bits per heavy atom. The maximum Gasteiger partial charge on any atom is 0.159 e. The summed E-state index contributed by atoms with van der Waals surface area (Å²) in [7, 11) is 0. The molecular weight excluding hydrogens is 671 g/mol. The van der Waals surface area contributed by atoms with Crippen molar-refractivity contribution in [2.75, 3.05) is 4.90 Å². The van der Waals surface area contributed by atoms with E-state index in [1.165, 1.54) is 27.5 Å². The molecule has 0 saturated heterocycles. The summed E-state index contributed by atoms with van der Waals surface area (Å²) in [6, 6.07) is 71.0. The topological polar surface area (TPSA) is 29.5 Å². The van der Waals surface area contributed by atoms with Gasteiger partial charge < -0.3 is 13.7 Å². The molecular formula is C52H33NO2. The summed E-state index contributed by atoms with van der Waals surface area (Å²) < 4.78 is 13.0. The number of furan rings is 2. The van der Waals surface area contributed by atoms with Crippen LogP contribution in [-0.2, 0) is 0 Å². The normalized spacial score (nSPS) is 11.6. The van der Waals surface area contributed by atoms with Crippen LogP contribution in [0.4, 0.5) is 17.1 Å². The molecule has 0 aliphatic heterocycles. The van der Waals surface area contributed by atoms with E-state index in [-0.39, 0.29) is 0 Å². The van der Waals surface area contributed by atoms with Crippen LogP contribution in [0.1, 0.15) is 0 Å². The molecule has 0 fully saturated rings. The van der Waals surface area contributed by atoms with Crippen molar-refractivity contribution in [3.8, 4) is 33.4 Å². The molecule has 0 aliphatic carbocycles. The number of hydrogen-bond donors (Lipinski definition) is 0. The molecule has 0 saturated carbocycles. The third-order valence-corrected chi connectivity index (χ3v) is 10.9. The second-order valence-corrected chi connectivity index (χ2v) is 14.1. The molecule has 258 valence electrons. The summed E-state index contributed by atoms with van der Waals surface area (Å²) in [5.74, 6) is 0. The van der Waals surface area contributed by atoms with E-state index < -0.39 is 0 Å². The largest absolute Gasteiger partial charge is 0.456 e. The molecule has 11 aromatic rings. The molecule has 9 aromatic carbocycles. The first-order valence-electron chi connectivity index (χ1n) is 18.7. The van der Waals surface area contributed by atoms with Gasteiger partial charge in [-0.25, -0.2) is 0 Å².